The summed E-state index contributed by atoms with van der Waals surface area (Å²) in [5.41, 5.74) is -0.597. The van der Waals surface area contributed by atoms with Crippen LogP contribution in [0.2, 0.25) is 0 Å². The molecule has 0 saturated carbocycles. The van der Waals surface area contributed by atoms with Gasteiger partial charge < -0.3 is 9.05 Å². The molecule has 0 aliphatic heterocycles. The van der Waals surface area contributed by atoms with Crippen LogP contribution in [0, 0.1) is 0 Å². The predicted molar refractivity (Wildman–Crippen MR) is 68.7 cm³/mol. The van der Waals surface area contributed by atoms with E-state index in [0.717, 1.165) is 20.7 Å². The number of aryl methyl sites for hydroxylation is 1. The van der Waals surface area contributed by atoms with Crippen LogP contribution in [0.1, 0.15) is 13.8 Å². The van der Waals surface area contributed by atoms with Crippen molar-refractivity contribution in [3.8, 4) is 0 Å². The van der Waals surface area contributed by atoms with Gasteiger partial charge in [-0.1, -0.05) is 0 Å². The lowest BCUT2D eigenvalue weighted by molar-refractivity contribution is 0.275. The number of rotatable bonds is 6. The second-order valence-electron chi connectivity index (χ2n) is 3.79. The standard InChI is InChI=1S/C8H16N3O5PS/c1-6(2)9-17(14,15-4)18-5-11-7(12)10(3)16-8(11)13/h6H,5H2,1-4H3,(H,9,14). The van der Waals surface area contributed by atoms with Crippen LogP contribution in [0.3, 0.4) is 0 Å². The average molecular weight is 297 g/mol. The minimum atomic E-state index is -3.14. The molecule has 1 N–H and O–H groups in total. The summed E-state index contributed by atoms with van der Waals surface area (Å²) in [6, 6.07) is -0.0489. The Morgan fingerprint density at radius 3 is 2.50 bits per heavy atom. The van der Waals surface area contributed by atoms with E-state index in [-0.39, 0.29) is 11.9 Å². The van der Waals surface area contributed by atoms with Gasteiger partial charge in [0.15, 0.2) is 0 Å². The molecule has 0 aromatic carbocycles. The first-order chi connectivity index (χ1) is 8.29. The average Bonchev–Trinajstić information content (AvgIpc) is 2.50. The molecule has 1 aromatic rings. The molecule has 1 aromatic heterocycles. The van der Waals surface area contributed by atoms with Crippen molar-refractivity contribution in [1.82, 2.24) is 14.4 Å². The van der Waals surface area contributed by atoms with E-state index in [9.17, 15) is 14.2 Å². The van der Waals surface area contributed by atoms with Crippen molar-refractivity contribution in [3.63, 3.8) is 0 Å². The molecule has 8 nitrogen and oxygen atoms in total. The quantitative estimate of drug-likeness (QED) is 0.767. The van der Waals surface area contributed by atoms with Gasteiger partial charge in [-0.25, -0.2) is 19.2 Å². The van der Waals surface area contributed by atoms with E-state index in [0.29, 0.717) is 0 Å². The molecule has 10 heteroatoms. The highest BCUT2D eigenvalue weighted by Crippen LogP contribution is 2.55. The molecule has 1 unspecified atom stereocenters. The van der Waals surface area contributed by atoms with Gasteiger partial charge in [0.05, 0.1) is 12.9 Å². The fourth-order valence-corrected chi connectivity index (χ4v) is 4.53. The molecule has 1 atom stereocenters. The van der Waals surface area contributed by atoms with E-state index >= 15 is 0 Å². The van der Waals surface area contributed by atoms with Crippen molar-refractivity contribution < 1.29 is 13.6 Å². The monoisotopic (exact) mass is 297 g/mol. The minimum Gasteiger partial charge on any atom is -0.317 e. The first-order valence-electron chi connectivity index (χ1n) is 5.14. The van der Waals surface area contributed by atoms with Crippen LogP contribution >= 0.6 is 18.1 Å². The van der Waals surface area contributed by atoms with E-state index in [2.05, 4.69) is 9.61 Å². The molecule has 104 valence electrons. The van der Waals surface area contributed by atoms with Crippen LogP contribution in [-0.2, 0) is 22.0 Å². The Hall–Kier alpha value is -0.760. The van der Waals surface area contributed by atoms with Crippen molar-refractivity contribution in [2.45, 2.75) is 25.8 Å². The summed E-state index contributed by atoms with van der Waals surface area (Å²) in [5, 5.41) is 2.76. The van der Waals surface area contributed by atoms with Crippen LogP contribution < -0.4 is 16.5 Å². The molecule has 0 amide bonds. The smallest absolute Gasteiger partial charge is 0.317 e. The maximum absolute atomic E-state index is 12.2. The largest absolute Gasteiger partial charge is 0.443 e. The molecule has 0 radical (unpaired) electrons. The summed E-state index contributed by atoms with van der Waals surface area (Å²) in [4.78, 5) is 22.8. The third-order valence-electron chi connectivity index (χ3n) is 1.95. The maximum Gasteiger partial charge on any atom is 0.443 e. The number of hydrogen-bond donors (Lipinski definition) is 1. The topological polar surface area (TPSA) is 95.5 Å². The number of nitrogens with zero attached hydrogens (tertiary/aromatic N) is 2. The number of hydrogen-bond acceptors (Lipinski definition) is 6. The van der Waals surface area contributed by atoms with Gasteiger partial charge in [0.25, 0.3) is 0 Å². The zero-order chi connectivity index (χ0) is 13.9. The maximum atomic E-state index is 12.2. The summed E-state index contributed by atoms with van der Waals surface area (Å²) < 4.78 is 23.3. The van der Waals surface area contributed by atoms with Gasteiger partial charge in [0.1, 0.15) is 0 Å². The lowest BCUT2D eigenvalue weighted by Gasteiger charge is -2.18. The highest BCUT2D eigenvalue weighted by atomic mass is 32.7. The predicted octanol–water partition coefficient (Wildman–Crippen LogP) is 0.583. The fourth-order valence-electron chi connectivity index (χ4n) is 1.15. The third kappa shape index (κ3) is 3.61. The molecule has 0 aliphatic rings. The molecule has 0 fully saturated rings. The van der Waals surface area contributed by atoms with Crippen molar-refractivity contribution in [1.29, 1.82) is 0 Å². The zero-order valence-corrected chi connectivity index (χ0v) is 12.3. The molecule has 0 spiro atoms. The van der Waals surface area contributed by atoms with E-state index < -0.39 is 18.2 Å². The SMILES string of the molecule is COP(=O)(NC(C)C)SCn1c(=O)on(C)c1=O. The summed E-state index contributed by atoms with van der Waals surface area (Å²) in [5.74, 6) is -0.894. The Bertz CT molecular complexity index is 560. The molecular weight excluding hydrogens is 281 g/mol. The van der Waals surface area contributed by atoms with Crippen molar-refractivity contribution >= 4 is 18.1 Å². The van der Waals surface area contributed by atoms with Gasteiger partial charge in [-0.05, 0) is 25.2 Å². The first-order valence-corrected chi connectivity index (χ1v) is 8.36. The van der Waals surface area contributed by atoms with Crippen molar-refractivity contribution in [2.75, 3.05) is 7.11 Å². The van der Waals surface area contributed by atoms with E-state index in [1.165, 1.54) is 14.2 Å². The zero-order valence-electron chi connectivity index (χ0n) is 10.6. The molecule has 0 bridgehead atoms. The molecule has 0 saturated heterocycles. The first kappa shape index (κ1) is 15.3. The lowest BCUT2D eigenvalue weighted by atomic mass is 10.4. The summed E-state index contributed by atoms with van der Waals surface area (Å²) in [7, 11) is 2.63. The Kier molecular flexibility index (Phi) is 5.03. The highest BCUT2D eigenvalue weighted by molar-refractivity contribution is 8.55. The van der Waals surface area contributed by atoms with E-state index in [4.69, 9.17) is 4.52 Å². The van der Waals surface area contributed by atoms with Gasteiger partial charge in [0, 0.05) is 13.2 Å². The second-order valence-corrected chi connectivity index (χ2v) is 8.14. The van der Waals surface area contributed by atoms with Gasteiger partial charge in [-0.15, -0.1) is 0 Å². The van der Waals surface area contributed by atoms with Gasteiger partial charge in [-0.3, -0.25) is 4.57 Å². The van der Waals surface area contributed by atoms with Crippen LogP contribution in [0.5, 0.6) is 0 Å². The Labute approximate surface area is 108 Å². The molecular formula is C8H16N3O5PS. The lowest BCUT2D eigenvalue weighted by Crippen LogP contribution is -2.27. The van der Waals surface area contributed by atoms with Crippen LogP contribution in [0.25, 0.3) is 0 Å². The molecule has 1 heterocycles. The highest BCUT2D eigenvalue weighted by Gasteiger charge is 2.24. The fraction of sp³-hybridized carbons (Fsp3) is 0.750. The summed E-state index contributed by atoms with van der Waals surface area (Å²) >= 11 is 0.859. The van der Waals surface area contributed by atoms with Crippen molar-refractivity contribution in [2.24, 2.45) is 7.05 Å². The molecule has 18 heavy (non-hydrogen) atoms. The van der Waals surface area contributed by atoms with Crippen LogP contribution in [0.4, 0.5) is 0 Å². The third-order valence-corrected chi connectivity index (χ3v) is 6.11. The summed E-state index contributed by atoms with van der Waals surface area (Å²) in [6.45, 7) is 0.494. The van der Waals surface area contributed by atoms with Crippen molar-refractivity contribution in [3.05, 3.63) is 21.0 Å². The van der Waals surface area contributed by atoms with Crippen LogP contribution in [0.15, 0.2) is 14.1 Å². The second kappa shape index (κ2) is 5.92. The Balaban J connectivity index is 2.84. The number of aromatic nitrogens is 2. The number of nitrogens with one attached hydrogen (secondary N) is 1. The van der Waals surface area contributed by atoms with E-state index in [1.807, 2.05) is 13.8 Å². The normalized spacial score (nSPS) is 14.9. The minimum absolute atomic E-state index is 0.0489. The van der Waals surface area contributed by atoms with Gasteiger partial charge in [-0.2, -0.15) is 4.74 Å². The van der Waals surface area contributed by atoms with Gasteiger partial charge in [0.2, 0.25) is 0 Å². The summed E-state index contributed by atoms with van der Waals surface area (Å²) in [6.07, 6.45) is 0. The Morgan fingerprint density at radius 1 is 1.50 bits per heavy atom. The van der Waals surface area contributed by atoms with Crippen LogP contribution in [-0.4, -0.2) is 22.5 Å². The van der Waals surface area contributed by atoms with Gasteiger partial charge >= 0.3 is 18.2 Å². The molecule has 0 aliphatic carbocycles. The molecule has 1 rings (SSSR count). The van der Waals surface area contributed by atoms with E-state index in [1.54, 1.807) is 0 Å². The Morgan fingerprint density at radius 2 is 2.11 bits per heavy atom.